The second kappa shape index (κ2) is 8.59. The fourth-order valence-corrected chi connectivity index (χ4v) is 3.79. The van der Waals surface area contributed by atoms with Crippen molar-refractivity contribution in [1.29, 1.82) is 0 Å². The highest BCUT2D eigenvalue weighted by Gasteiger charge is 2.17. The second-order valence-electron chi connectivity index (χ2n) is 6.25. The molecule has 0 fully saturated rings. The fourth-order valence-electron chi connectivity index (χ4n) is 2.96. The van der Waals surface area contributed by atoms with Crippen LogP contribution in [0.5, 0.6) is 0 Å². The standard InChI is InChI=1S/C23H20N4S/c24-20-22(25-16-26-23(20)28-19-14-8-3-9-15-19)27-21(17-10-4-1-5-11-17)18-12-6-2-7-13-18/h1-16,21H,24H2,(H,25,26,27). The summed E-state index contributed by atoms with van der Waals surface area (Å²) in [4.78, 5) is 9.87. The number of nitrogen functional groups attached to an aromatic ring is 1. The quantitative estimate of drug-likeness (QED) is 0.435. The minimum atomic E-state index is -0.0609. The highest BCUT2D eigenvalue weighted by Crippen LogP contribution is 2.35. The van der Waals surface area contributed by atoms with Crippen LogP contribution in [0.3, 0.4) is 0 Å². The molecule has 0 saturated carbocycles. The zero-order chi connectivity index (χ0) is 19.2. The molecule has 0 atom stereocenters. The van der Waals surface area contributed by atoms with Gasteiger partial charge in [-0.1, -0.05) is 90.6 Å². The maximum Gasteiger partial charge on any atom is 0.154 e. The van der Waals surface area contributed by atoms with Gasteiger partial charge < -0.3 is 11.1 Å². The average Bonchev–Trinajstić information content (AvgIpc) is 2.76. The smallest absolute Gasteiger partial charge is 0.154 e. The summed E-state index contributed by atoms with van der Waals surface area (Å²) in [6, 6.07) is 30.6. The van der Waals surface area contributed by atoms with Crippen molar-refractivity contribution in [2.75, 3.05) is 11.1 Å². The zero-order valence-electron chi connectivity index (χ0n) is 15.2. The molecule has 5 heteroatoms. The van der Waals surface area contributed by atoms with Gasteiger partial charge in [0.25, 0.3) is 0 Å². The molecular formula is C23H20N4S. The Labute approximate surface area is 168 Å². The van der Waals surface area contributed by atoms with E-state index in [0.717, 1.165) is 21.0 Å². The monoisotopic (exact) mass is 384 g/mol. The minimum Gasteiger partial charge on any atom is -0.394 e. The molecule has 4 rings (SSSR count). The van der Waals surface area contributed by atoms with Crippen LogP contribution in [0.25, 0.3) is 0 Å². The van der Waals surface area contributed by atoms with Gasteiger partial charge in [0.2, 0.25) is 0 Å². The predicted molar refractivity (Wildman–Crippen MR) is 115 cm³/mol. The summed E-state index contributed by atoms with van der Waals surface area (Å²) in [7, 11) is 0. The Morgan fingerprint density at radius 3 is 1.82 bits per heavy atom. The minimum absolute atomic E-state index is 0.0609. The SMILES string of the molecule is Nc1c(NC(c2ccccc2)c2ccccc2)ncnc1Sc1ccccc1. The van der Waals surface area contributed by atoms with Crippen molar-refractivity contribution in [2.45, 2.75) is 16.0 Å². The topological polar surface area (TPSA) is 63.8 Å². The van der Waals surface area contributed by atoms with Crippen LogP contribution in [0, 0.1) is 0 Å². The molecule has 0 saturated heterocycles. The number of aromatic nitrogens is 2. The van der Waals surface area contributed by atoms with Gasteiger partial charge in [-0.15, -0.1) is 0 Å². The summed E-state index contributed by atoms with van der Waals surface area (Å²) in [6.45, 7) is 0. The highest BCUT2D eigenvalue weighted by atomic mass is 32.2. The third-order valence-electron chi connectivity index (χ3n) is 4.35. The van der Waals surface area contributed by atoms with E-state index in [-0.39, 0.29) is 6.04 Å². The molecule has 4 nitrogen and oxygen atoms in total. The van der Waals surface area contributed by atoms with E-state index < -0.39 is 0 Å². The Balaban J connectivity index is 1.67. The van der Waals surface area contributed by atoms with Crippen LogP contribution in [0.1, 0.15) is 17.2 Å². The number of hydrogen-bond donors (Lipinski definition) is 2. The van der Waals surface area contributed by atoms with E-state index in [4.69, 9.17) is 5.73 Å². The van der Waals surface area contributed by atoms with Crippen molar-refractivity contribution in [3.63, 3.8) is 0 Å². The molecule has 1 heterocycles. The average molecular weight is 385 g/mol. The lowest BCUT2D eigenvalue weighted by Gasteiger charge is -2.21. The molecule has 0 unspecified atom stereocenters. The van der Waals surface area contributed by atoms with E-state index in [1.54, 1.807) is 6.33 Å². The van der Waals surface area contributed by atoms with Crippen molar-refractivity contribution in [2.24, 2.45) is 0 Å². The molecule has 0 radical (unpaired) electrons. The van der Waals surface area contributed by atoms with Crippen molar-refractivity contribution in [3.8, 4) is 0 Å². The van der Waals surface area contributed by atoms with E-state index in [2.05, 4.69) is 39.6 Å². The number of nitrogens with two attached hydrogens (primary N) is 1. The van der Waals surface area contributed by atoms with Crippen molar-refractivity contribution < 1.29 is 0 Å². The molecule has 0 amide bonds. The van der Waals surface area contributed by atoms with Gasteiger partial charge >= 0.3 is 0 Å². The molecule has 3 N–H and O–H groups in total. The zero-order valence-corrected chi connectivity index (χ0v) is 16.0. The molecule has 0 bridgehead atoms. The summed E-state index contributed by atoms with van der Waals surface area (Å²) in [6.07, 6.45) is 1.55. The summed E-state index contributed by atoms with van der Waals surface area (Å²) in [5.74, 6) is 0.631. The van der Waals surface area contributed by atoms with Crippen LogP contribution in [-0.2, 0) is 0 Å². The molecular weight excluding hydrogens is 364 g/mol. The van der Waals surface area contributed by atoms with Gasteiger partial charge in [-0.05, 0) is 23.3 Å². The lowest BCUT2D eigenvalue weighted by Crippen LogP contribution is -2.15. The van der Waals surface area contributed by atoms with E-state index >= 15 is 0 Å². The van der Waals surface area contributed by atoms with E-state index in [1.165, 1.54) is 11.8 Å². The number of hydrogen-bond acceptors (Lipinski definition) is 5. The fraction of sp³-hybridized carbons (Fsp3) is 0.0435. The Morgan fingerprint density at radius 2 is 1.25 bits per heavy atom. The van der Waals surface area contributed by atoms with Gasteiger partial charge in [0.05, 0.1) is 6.04 Å². The first kappa shape index (κ1) is 18.1. The van der Waals surface area contributed by atoms with Crippen LogP contribution >= 0.6 is 11.8 Å². The van der Waals surface area contributed by atoms with Gasteiger partial charge in [0.1, 0.15) is 17.0 Å². The summed E-state index contributed by atoms with van der Waals surface area (Å²) in [5, 5.41) is 4.26. The second-order valence-corrected chi connectivity index (χ2v) is 7.32. The Hall–Kier alpha value is -3.31. The summed E-state index contributed by atoms with van der Waals surface area (Å²) >= 11 is 1.53. The lowest BCUT2D eigenvalue weighted by molar-refractivity contribution is 0.915. The number of anilines is 2. The first-order chi connectivity index (χ1) is 13.8. The van der Waals surface area contributed by atoms with Gasteiger partial charge in [-0.3, -0.25) is 0 Å². The Kier molecular flexibility index (Phi) is 5.54. The van der Waals surface area contributed by atoms with E-state index in [9.17, 15) is 0 Å². The highest BCUT2D eigenvalue weighted by molar-refractivity contribution is 7.99. The largest absolute Gasteiger partial charge is 0.394 e. The number of rotatable bonds is 6. The van der Waals surface area contributed by atoms with Crippen LogP contribution < -0.4 is 11.1 Å². The Morgan fingerprint density at radius 1 is 0.714 bits per heavy atom. The molecule has 0 aliphatic rings. The molecule has 0 spiro atoms. The molecule has 0 aliphatic carbocycles. The molecule has 1 aromatic heterocycles. The molecule has 4 aromatic rings. The van der Waals surface area contributed by atoms with Gasteiger partial charge in [-0.25, -0.2) is 9.97 Å². The third kappa shape index (κ3) is 4.15. The van der Waals surface area contributed by atoms with Crippen molar-refractivity contribution >= 4 is 23.3 Å². The van der Waals surface area contributed by atoms with Crippen LogP contribution in [-0.4, -0.2) is 9.97 Å². The maximum atomic E-state index is 6.43. The first-order valence-corrected chi connectivity index (χ1v) is 9.83. The number of nitrogens with one attached hydrogen (secondary N) is 1. The summed E-state index contributed by atoms with van der Waals surface area (Å²) in [5.41, 5.74) is 9.26. The van der Waals surface area contributed by atoms with E-state index in [1.807, 2.05) is 66.7 Å². The van der Waals surface area contributed by atoms with Gasteiger partial charge in [0.15, 0.2) is 5.82 Å². The molecule has 28 heavy (non-hydrogen) atoms. The van der Waals surface area contributed by atoms with Crippen LogP contribution in [0.4, 0.5) is 11.5 Å². The van der Waals surface area contributed by atoms with Crippen LogP contribution in [0.2, 0.25) is 0 Å². The van der Waals surface area contributed by atoms with E-state index in [0.29, 0.717) is 11.5 Å². The normalized spacial score (nSPS) is 10.8. The predicted octanol–water partition coefficient (Wildman–Crippen LogP) is 5.41. The molecule has 3 aromatic carbocycles. The van der Waals surface area contributed by atoms with Crippen molar-refractivity contribution in [3.05, 3.63) is 108 Å². The molecule has 138 valence electrons. The van der Waals surface area contributed by atoms with Crippen LogP contribution in [0.15, 0.2) is 107 Å². The first-order valence-electron chi connectivity index (χ1n) is 9.01. The number of nitrogens with zero attached hydrogens (tertiary/aromatic N) is 2. The maximum absolute atomic E-state index is 6.43. The van der Waals surface area contributed by atoms with Gasteiger partial charge in [-0.2, -0.15) is 0 Å². The number of benzene rings is 3. The van der Waals surface area contributed by atoms with Gasteiger partial charge in [0, 0.05) is 4.90 Å². The molecule has 0 aliphatic heterocycles. The Bertz CT molecular complexity index is 985. The third-order valence-corrected chi connectivity index (χ3v) is 5.38. The summed E-state index contributed by atoms with van der Waals surface area (Å²) < 4.78 is 0. The van der Waals surface area contributed by atoms with Crippen molar-refractivity contribution in [1.82, 2.24) is 9.97 Å². The lowest BCUT2D eigenvalue weighted by atomic mass is 9.99.